The van der Waals surface area contributed by atoms with Crippen LogP contribution >= 0.6 is 0 Å². The van der Waals surface area contributed by atoms with E-state index in [0.717, 1.165) is 24.9 Å². The molecular formula is C17H24N4O2. The lowest BCUT2D eigenvalue weighted by molar-refractivity contribution is -0.0192. The Hall–Kier alpha value is -1.66. The Morgan fingerprint density at radius 2 is 2.17 bits per heavy atom. The van der Waals surface area contributed by atoms with E-state index in [-0.39, 0.29) is 6.04 Å². The molecule has 2 fully saturated rings. The molecule has 0 radical (unpaired) electrons. The van der Waals surface area contributed by atoms with Gasteiger partial charge in [0, 0.05) is 31.4 Å². The van der Waals surface area contributed by atoms with Crippen molar-refractivity contribution in [2.24, 2.45) is 7.05 Å². The molecule has 6 nitrogen and oxygen atoms in total. The molecule has 124 valence electrons. The van der Waals surface area contributed by atoms with Gasteiger partial charge in [0.1, 0.15) is 0 Å². The first-order valence-electron chi connectivity index (χ1n) is 8.57. The van der Waals surface area contributed by atoms with Crippen LogP contribution in [0.4, 0.5) is 0 Å². The first-order chi connectivity index (χ1) is 11.3. The molecule has 1 aliphatic carbocycles. The van der Waals surface area contributed by atoms with Crippen LogP contribution in [0.3, 0.4) is 0 Å². The van der Waals surface area contributed by atoms with Gasteiger partial charge in [-0.05, 0) is 25.0 Å². The van der Waals surface area contributed by atoms with Crippen LogP contribution in [0.25, 0.3) is 0 Å². The largest absolute Gasteiger partial charge is 0.378 e. The molecule has 2 aliphatic rings. The van der Waals surface area contributed by atoms with Gasteiger partial charge in [-0.2, -0.15) is 4.98 Å². The highest BCUT2D eigenvalue weighted by Gasteiger charge is 2.29. The molecule has 3 heterocycles. The van der Waals surface area contributed by atoms with Crippen LogP contribution < -0.4 is 0 Å². The molecule has 0 aromatic carbocycles. The maximum absolute atomic E-state index is 5.69. The molecule has 1 saturated carbocycles. The zero-order valence-corrected chi connectivity index (χ0v) is 13.6. The quantitative estimate of drug-likeness (QED) is 0.868. The molecular weight excluding hydrogens is 292 g/mol. The van der Waals surface area contributed by atoms with Crippen molar-refractivity contribution in [3.8, 4) is 0 Å². The summed E-state index contributed by atoms with van der Waals surface area (Å²) in [6.45, 7) is 3.04. The second-order valence-electron chi connectivity index (χ2n) is 6.63. The Balaban J connectivity index is 1.49. The second-order valence-corrected chi connectivity index (χ2v) is 6.63. The lowest BCUT2D eigenvalue weighted by atomic mass is 10.1. The van der Waals surface area contributed by atoms with Gasteiger partial charge in [-0.3, -0.25) is 4.90 Å². The van der Waals surface area contributed by atoms with Crippen molar-refractivity contribution in [3.05, 3.63) is 35.7 Å². The van der Waals surface area contributed by atoms with E-state index in [1.807, 2.05) is 0 Å². The van der Waals surface area contributed by atoms with E-state index < -0.39 is 0 Å². The average Bonchev–Trinajstić information content (AvgIpc) is 3.29. The summed E-state index contributed by atoms with van der Waals surface area (Å²) in [7, 11) is 2.08. The molecule has 0 N–H and O–H groups in total. The van der Waals surface area contributed by atoms with E-state index in [1.54, 1.807) is 0 Å². The Bertz CT molecular complexity index is 645. The average molecular weight is 316 g/mol. The molecule has 2 aromatic rings. The molecule has 1 atom stereocenters. The van der Waals surface area contributed by atoms with Crippen LogP contribution in [0.2, 0.25) is 0 Å². The fourth-order valence-electron chi connectivity index (χ4n) is 3.78. The van der Waals surface area contributed by atoms with Gasteiger partial charge >= 0.3 is 0 Å². The first-order valence-corrected chi connectivity index (χ1v) is 8.57. The Morgan fingerprint density at radius 3 is 2.96 bits per heavy atom. The van der Waals surface area contributed by atoms with Crippen molar-refractivity contribution in [2.45, 2.75) is 44.2 Å². The SMILES string of the molecule is Cn1cccc1[C@@H]1COCCN1Cc1nc(C2CCCC2)no1. The molecule has 0 amide bonds. The zero-order valence-electron chi connectivity index (χ0n) is 13.6. The van der Waals surface area contributed by atoms with Gasteiger partial charge < -0.3 is 13.8 Å². The van der Waals surface area contributed by atoms with Crippen molar-refractivity contribution in [2.75, 3.05) is 19.8 Å². The normalized spacial score (nSPS) is 23.6. The van der Waals surface area contributed by atoms with E-state index in [2.05, 4.69) is 45.0 Å². The molecule has 0 bridgehead atoms. The highest BCUT2D eigenvalue weighted by Crippen LogP contribution is 2.32. The lowest BCUT2D eigenvalue weighted by Gasteiger charge is -2.34. The number of aromatic nitrogens is 3. The van der Waals surface area contributed by atoms with Crippen LogP contribution in [-0.2, 0) is 18.3 Å². The molecule has 0 unspecified atom stereocenters. The van der Waals surface area contributed by atoms with Gasteiger partial charge in [0.05, 0.1) is 25.8 Å². The van der Waals surface area contributed by atoms with E-state index in [1.165, 1.54) is 31.4 Å². The van der Waals surface area contributed by atoms with Crippen LogP contribution in [0, 0.1) is 0 Å². The standard InChI is InChI=1S/C17H24N4O2/c1-20-8-4-7-14(20)15-12-22-10-9-21(15)11-16-18-17(19-23-16)13-5-2-3-6-13/h4,7-8,13,15H,2-3,5-6,9-12H2,1H3/t15-/m0/s1. The summed E-state index contributed by atoms with van der Waals surface area (Å²) in [6.07, 6.45) is 7.04. The van der Waals surface area contributed by atoms with E-state index in [0.29, 0.717) is 19.1 Å². The van der Waals surface area contributed by atoms with Gasteiger partial charge in [0.15, 0.2) is 5.82 Å². The molecule has 1 aliphatic heterocycles. The highest BCUT2D eigenvalue weighted by atomic mass is 16.5. The van der Waals surface area contributed by atoms with Crippen molar-refractivity contribution < 1.29 is 9.26 Å². The number of nitrogens with zero attached hydrogens (tertiary/aromatic N) is 4. The van der Waals surface area contributed by atoms with Gasteiger partial charge in [0.25, 0.3) is 0 Å². The maximum atomic E-state index is 5.69. The number of rotatable bonds is 4. The zero-order chi connectivity index (χ0) is 15.6. The Labute approximate surface area is 136 Å². The molecule has 23 heavy (non-hydrogen) atoms. The third-order valence-electron chi connectivity index (χ3n) is 5.11. The Kier molecular flexibility index (Phi) is 4.18. The van der Waals surface area contributed by atoms with Crippen LogP contribution in [0.1, 0.15) is 55.1 Å². The highest BCUT2D eigenvalue weighted by molar-refractivity contribution is 5.13. The van der Waals surface area contributed by atoms with Crippen LogP contribution in [0.5, 0.6) is 0 Å². The van der Waals surface area contributed by atoms with Crippen molar-refractivity contribution in [1.29, 1.82) is 0 Å². The minimum absolute atomic E-state index is 0.241. The van der Waals surface area contributed by atoms with Crippen molar-refractivity contribution >= 4 is 0 Å². The predicted molar refractivity (Wildman–Crippen MR) is 84.9 cm³/mol. The van der Waals surface area contributed by atoms with Gasteiger partial charge in [-0.25, -0.2) is 0 Å². The predicted octanol–water partition coefficient (Wildman–Crippen LogP) is 2.64. The van der Waals surface area contributed by atoms with E-state index >= 15 is 0 Å². The van der Waals surface area contributed by atoms with E-state index in [4.69, 9.17) is 9.26 Å². The van der Waals surface area contributed by atoms with Gasteiger partial charge in [-0.15, -0.1) is 0 Å². The monoisotopic (exact) mass is 316 g/mol. The second kappa shape index (κ2) is 6.45. The number of morpholine rings is 1. The molecule has 0 spiro atoms. The smallest absolute Gasteiger partial charge is 0.240 e. The number of ether oxygens (including phenoxy) is 1. The molecule has 6 heteroatoms. The fraction of sp³-hybridized carbons (Fsp3) is 0.647. The van der Waals surface area contributed by atoms with Crippen molar-refractivity contribution in [3.63, 3.8) is 0 Å². The number of hydrogen-bond donors (Lipinski definition) is 0. The number of aryl methyl sites for hydroxylation is 1. The van der Waals surface area contributed by atoms with Gasteiger partial charge in [0.2, 0.25) is 5.89 Å². The summed E-state index contributed by atoms with van der Waals surface area (Å²) >= 11 is 0. The van der Waals surface area contributed by atoms with Crippen LogP contribution in [-0.4, -0.2) is 39.4 Å². The summed E-state index contributed by atoms with van der Waals surface area (Å²) < 4.78 is 13.4. The maximum Gasteiger partial charge on any atom is 0.240 e. The van der Waals surface area contributed by atoms with Gasteiger partial charge in [-0.1, -0.05) is 18.0 Å². The minimum atomic E-state index is 0.241. The van der Waals surface area contributed by atoms with Crippen LogP contribution in [0.15, 0.2) is 22.9 Å². The lowest BCUT2D eigenvalue weighted by Crippen LogP contribution is -2.39. The van der Waals surface area contributed by atoms with Crippen molar-refractivity contribution in [1.82, 2.24) is 19.6 Å². The minimum Gasteiger partial charge on any atom is -0.378 e. The molecule has 2 aromatic heterocycles. The molecule has 4 rings (SSSR count). The summed E-state index contributed by atoms with van der Waals surface area (Å²) in [5, 5.41) is 4.22. The summed E-state index contributed by atoms with van der Waals surface area (Å²) in [6, 6.07) is 4.47. The third kappa shape index (κ3) is 3.05. The summed E-state index contributed by atoms with van der Waals surface area (Å²) in [5.74, 6) is 2.13. The number of hydrogen-bond acceptors (Lipinski definition) is 5. The first kappa shape index (κ1) is 14.9. The molecule has 1 saturated heterocycles. The van der Waals surface area contributed by atoms with E-state index in [9.17, 15) is 0 Å². The Morgan fingerprint density at radius 1 is 1.30 bits per heavy atom. The summed E-state index contributed by atoms with van der Waals surface area (Å²) in [5.41, 5.74) is 1.26. The third-order valence-corrected chi connectivity index (χ3v) is 5.11. The summed E-state index contributed by atoms with van der Waals surface area (Å²) in [4.78, 5) is 7.04. The topological polar surface area (TPSA) is 56.3 Å². The fourth-order valence-corrected chi connectivity index (χ4v) is 3.78.